The molecule has 0 spiro atoms. The lowest BCUT2D eigenvalue weighted by Crippen LogP contribution is -2.40. The van der Waals surface area contributed by atoms with Gasteiger partial charge in [0.1, 0.15) is 10.6 Å². The van der Waals surface area contributed by atoms with Crippen LogP contribution in [0.15, 0.2) is 59.6 Å². The van der Waals surface area contributed by atoms with Crippen molar-refractivity contribution in [2.75, 3.05) is 45.8 Å². The molecular weight excluding hydrogens is 448 g/mol. The van der Waals surface area contributed by atoms with Gasteiger partial charge in [-0.3, -0.25) is 4.79 Å². The highest BCUT2D eigenvalue weighted by atomic mass is 32.2. The van der Waals surface area contributed by atoms with Crippen LogP contribution >= 0.6 is 0 Å². The van der Waals surface area contributed by atoms with Gasteiger partial charge in [0.2, 0.25) is 10.0 Å². The van der Waals surface area contributed by atoms with Crippen LogP contribution < -0.4 is 14.8 Å². The number of amides is 1. The van der Waals surface area contributed by atoms with Crippen molar-refractivity contribution in [2.24, 2.45) is 0 Å². The van der Waals surface area contributed by atoms with Gasteiger partial charge >= 0.3 is 0 Å². The predicted octanol–water partition coefficient (Wildman–Crippen LogP) is 2.16. The second kappa shape index (κ2) is 9.61. The van der Waals surface area contributed by atoms with E-state index in [1.807, 2.05) is 30.3 Å². The van der Waals surface area contributed by atoms with Gasteiger partial charge < -0.3 is 19.5 Å². The molecule has 1 saturated heterocycles. The minimum Gasteiger partial charge on any atom is -0.495 e. The van der Waals surface area contributed by atoms with Crippen molar-refractivity contribution < 1.29 is 27.4 Å². The molecule has 11 heteroatoms. The number of carbonyl (C=O) groups excluding carboxylic acids is 1. The Kier molecular flexibility index (Phi) is 6.63. The molecule has 0 aliphatic carbocycles. The molecular formula is C22H24N4O6S. The molecule has 3 aromatic rings. The van der Waals surface area contributed by atoms with Crippen LogP contribution in [0.25, 0.3) is 5.69 Å². The summed E-state index contributed by atoms with van der Waals surface area (Å²) in [5.74, 6) is -0.0714. The number of morpholine rings is 1. The normalized spacial score (nSPS) is 14.6. The Morgan fingerprint density at radius 3 is 2.39 bits per heavy atom. The first kappa shape index (κ1) is 22.8. The molecule has 33 heavy (non-hydrogen) atoms. The molecule has 1 aliphatic heterocycles. The summed E-state index contributed by atoms with van der Waals surface area (Å²) < 4.78 is 45.1. The van der Waals surface area contributed by atoms with E-state index >= 15 is 0 Å². The number of aromatic nitrogens is 2. The van der Waals surface area contributed by atoms with Crippen LogP contribution in [0.1, 0.15) is 10.5 Å². The maximum Gasteiger partial charge on any atom is 0.280 e. The predicted molar refractivity (Wildman–Crippen MR) is 121 cm³/mol. The summed E-state index contributed by atoms with van der Waals surface area (Å²) in [7, 11) is -0.996. The number of rotatable bonds is 7. The summed E-state index contributed by atoms with van der Waals surface area (Å²) >= 11 is 0. The fraction of sp³-hybridized carbons (Fsp3) is 0.273. The molecule has 174 valence electrons. The number of hydrogen-bond acceptors (Lipinski definition) is 7. The van der Waals surface area contributed by atoms with Crippen LogP contribution in [0.3, 0.4) is 0 Å². The number of methoxy groups -OCH3 is 2. The monoisotopic (exact) mass is 472 g/mol. The van der Waals surface area contributed by atoms with Crippen LogP contribution in [0.2, 0.25) is 0 Å². The quantitative estimate of drug-likeness (QED) is 0.561. The molecule has 1 aliphatic rings. The molecule has 4 rings (SSSR count). The third kappa shape index (κ3) is 4.70. The first-order valence-electron chi connectivity index (χ1n) is 10.2. The Hall–Kier alpha value is -3.41. The molecule has 0 bridgehead atoms. The molecule has 0 atom stereocenters. The van der Waals surface area contributed by atoms with Crippen molar-refractivity contribution in [1.29, 1.82) is 0 Å². The number of anilines is 1. The molecule has 1 aromatic heterocycles. The number of benzene rings is 2. The van der Waals surface area contributed by atoms with Gasteiger partial charge in [-0.15, -0.1) is 0 Å². The zero-order valence-electron chi connectivity index (χ0n) is 18.2. The third-order valence-electron chi connectivity index (χ3n) is 5.15. The van der Waals surface area contributed by atoms with E-state index < -0.39 is 15.9 Å². The summed E-state index contributed by atoms with van der Waals surface area (Å²) in [6.07, 6.45) is 1.60. The molecule has 10 nitrogen and oxygen atoms in total. The lowest BCUT2D eigenvalue weighted by atomic mass is 10.3. The summed E-state index contributed by atoms with van der Waals surface area (Å²) in [4.78, 5) is 12.9. The van der Waals surface area contributed by atoms with Crippen molar-refractivity contribution >= 4 is 21.6 Å². The van der Waals surface area contributed by atoms with E-state index in [1.54, 1.807) is 12.3 Å². The van der Waals surface area contributed by atoms with Crippen molar-refractivity contribution in [3.8, 4) is 17.2 Å². The summed E-state index contributed by atoms with van der Waals surface area (Å²) in [6, 6.07) is 13.7. The van der Waals surface area contributed by atoms with Crippen LogP contribution in [-0.2, 0) is 14.8 Å². The summed E-state index contributed by atoms with van der Waals surface area (Å²) in [5, 5.41) is 7.05. The molecule has 2 aromatic carbocycles. The second-order valence-corrected chi connectivity index (χ2v) is 9.07. The van der Waals surface area contributed by atoms with Crippen molar-refractivity contribution in [1.82, 2.24) is 14.1 Å². The number of nitrogens with one attached hydrogen (secondary N) is 1. The minimum absolute atomic E-state index is 0.0357. The Morgan fingerprint density at radius 2 is 1.73 bits per heavy atom. The van der Waals surface area contributed by atoms with E-state index in [1.165, 1.54) is 35.3 Å². The number of ether oxygens (including phenoxy) is 3. The maximum atomic E-state index is 13.2. The number of hydrogen-bond donors (Lipinski definition) is 1. The van der Waals surface area contributed by atoms with Gasteiger partial charge in [0.25, 0.3) is 5.91 Å². The van der Waals surface area contributed by atoms with E-state index in [-0.39, 0.29) is 40.9 Å². The maximum absolute atomic E-state index is 13.2. The fourth-order valence-electron chi connectivity index (χ4n) is 3.45. The van der Waals surface area contributed by atoms with Gasteiger partial charge in [-0.1, -0.05) is 18.2 Å². The van der Waals surface area contributed by atoms with E-state index in [9.17, 15) is 13.2 Å². The average molecular weight is 473 g/mol. The largest absolute Gasteiger partial charge is 0.495 e. The Balaban J connectivity index is 1.63. The first-order valence-corrected chi connectivity index (χ1v) is 11.6. The molecule has 0 radical (unpaired) electrons. The topological polar surface area (TPSA) is 112 Å². The molecule has 0 saturated carbocycles. The number of sulfonamides is 1. The van der Waals surface area contributed by atoms with Crippen molar-refractivity contribution in [2.45, 2.75) is 4.90 Å². The van der Waals surface area contributed by atoms with Crippen LogP contribution in [-0.4, -0.2) is 68.9 Å². The third-order valence-corrected chi connectivity index (χ3v) is 7.07. The zero-order valence-corrected chi connectivity index (χ0v) is 19.0. The van der Waals surface area contributed by atoms with E-state index in [2.05, 4.69) is 10.4 Å². The van der Waals surface area contributed by atoms with E-state index in [4.69, 9.17) is 14.2 Å². The van der Waals surface area contributed by atoms with E-state index in [0.717, 1.165) is 5.69 Å². The van der Waals surface area contributed by atoms with Crippen molar-refractivity contribution in [3.05, 3.63) is 60.4 Å². The molecule has 0 unspecified atom stereocenters. The van der Waals surface area contributed by atoms with Gasteiger partial charge in [-0.05, 0) is 30.3 Å². The number of nitrogens with zero attached hydrogens (tertiary/aromatic N) is 3. The van der Waals surface area contributed by atoms with Crippen LogP contribution in [0.5, 0.6) is 11.5 Å². The lowest BCUT2D eigenvalue weighted by molar-refractivity contribution is 0.0729. The van der Waals surface area contributed by atoms with Gasteiger partial charge in [0.05, 0.1) is 39.3 Å². The molecule has 1 amide bonds. The Morgan fingerprint density at radius 1 is 1.03 bits per heavy atom. The molecule has 2 heterocycles. The second-order valence-electron chi connectivity index (χ2n) is 7.16. The number of para-hydroxylation sites is 1. The van der Waals surface area contributed by atoms with Crippen LogP contribution in [0, 0.1) is 0 Å². The Labute approximate surface area is 191 Å². The van der Waals surface area contributed by atoms with Gasteiger partial charge in [-0.25, -0.2) is 13.1 Å². The van der Waals surface area contributed by atoms with Crippen molar-refractivity contribution in [3.63, 3.8) is 0 Å². The van der Waals surface area contributed by atoms with Gasteiger partial charge in [0.15, 0.2) is 11.4 Å². The average Bonchev–Trinajstić information content (AvgIpc) is 3.30. The fourth-order valence-corrected chi connectivity index (χ4v) is 5.04. The molecule has 1 fully saturated rings. The van der Waals surface area contributed by atoms with E-state index in [0.29, 0.717) is 13.2 Å². The smallest absolute Gasteiger partial charge is 0.280 e. The highest BCUT2D eigenvalue weighted by Gasteiger charge is 2.30. The first-order chi connectivity index (χ1) is 15.9. The van der Waals surface area contributed by atoms with Gasteiger partial charge in [0, 0.05) is 18.8 Å². The summed E-state index contributed by atoms with van der Waals surface area (Å²) in [5.41, 5.74) is 1.11. The lowest BCUT2D eigenvalue weighted by Gasteiger charge is -2.26. The summed E-state index contributed by atoms with van der Waals surface area (Å²) in [6.45, 7) is 1.13. The number of carbonyl (C=O) groups is 1. The minimum atomic E-state index is -3.84. The standard InChI is InChI=1S/C22H24N4O6S/c1-30-18-9-8-16(14-20(18)33(28,29)25-10-12-32-13-11-25)23-22(27)21-19(31-2)15-26(24-21)17-6-4-3-5-7-17/h3-9,14-15H,10-13H2,1-2H3,(H,23,27). The molecule has 1 N–H and O–H groups in total. The highest BCUT2D eigenvalue weighted by molar-refractivity contribution is 7.89. The van der Waals surface area contributed by atoms with Gasteiger partial charge in [-0.2, -0.15) is 9.40 Å². The highest BCUT2D eigenvalue weighted by Crippen LogP contribution is 2.31. The van der Waals surface area contributed by atoms with Crippen LogP contribution in [0.4, 0.5) is 5.69 Å². The Bertz CT molecular complexity index is 1240. The SMILES string of the molecule is COc1ccc(NC(=O)c2nn(-c3ccccc3)cc2OC)cc1S(=O)(=O)N1CCOCC1. The zero-order chi connectivity index (χ0) is 23.4.